The Kier molecular flexibility index (Phi) is 4.41. The van der Waals surface area contributed by atoms with E-state index >= 15 is 0 Å². The van der Waals surface area contributed by atoms with Crippen LogP contribution in [0.4, 0.5) is 5.82 Å². The molecular weight excluding hydrogens is 314 g/mol. The Balaban J connectivity index is 1.41. The molecule has 134 valence electrons. The van der Waals surface area contributed by atoms with Crippen LogP contribution in [0.2, 0.25) is 0 Å². The summed E-state index contributed by atoms with van der Waals surface area (Å²) < 4.78 is 2.19. The van der Waals surface area contributed by atoms with Crippen molar-refractivity contribution in [2.24, 2.45) is 7.05 Å². The van der Waals surface area contributed by atoms with Gasteiger partial charge in [0.1, 0.15) is 11.6 Å². The normalized spacial score (nSPS) is 21.1. The molecule has 1 saturated carbocycles. The van der Waals surface area contributed by atoms with E-state index in [4.69, 9.17) is 0 Å². The van der Waals surface area contributed by atoms with Crippen molar-refractivity contribution in [2.75, 3.05) is 25.0 Å². The van der Waals surface area contributed by atoms with Crippen LogP contribution in [-0.4, -0.2) is 56.0 Å². The minimum Gasteiger partial charge on any atom is -0.354 e. The molecule has 0 spiro atoms. The molecule has 0 bridgehead atoms. The fourth-order valence-electron chi connectivity index (χ4n) is 3.65. The van der Waals surface area contributed by atoms with Crippen LogP contribution < -0.4 is 4.90 Å². The Morgan fingerprint density at radius 3 is 2.68 bits per heavy atom. The van der Waals surface area contributed by atoms with Crippen molar-refractivity contribution in [3.05, 3.63) is 29.5 Å². The molecule has 25 heavy (non-hydrogen) atoms. The number of anilines is 1. The lowest BCUT2D eigenvalue weighted by atomic mass is 10.0. The van der Waals surface area contributed by atoms with E-state index in [0.717, 1.165) is 42.8 Å². The first-order valence-corrected chi connectivity index (χ1v) is 9.25. The van der Waals surface area contributed by atoms with Gasteiger partial charge >= 0.3 is 0 Å². The van der Waals surface area contributed by atoms with Crippen LogP contribution in [0.5, 0.6) is 0 Å². The van der Waals surface area contributed by atoms with Gasteiger partial charge in [0.15, 0.2) is 5.82 Å². The van der Waals surface area contributed by atoms with Crippen molar-refractivity contribution in [1.82, 2.24) is 29.9 Å². The van der Waals surface area contributed by atoms with Crippen molar-refractivity contribution in [1.29, 1.82) is 0 Å². The number of nitrogens with zero attached hydrogens (tertiary/aromatic N) is 7. The molecule has 2 fully saturated rings. The number of likely N-dealkylation sites (N-methyl/N-ethyl adjacent to an activating group) is 1. The van der Waals surface area contributed by atoms with Gasteiger partial charge in [-0.3, -0.25) is 4.90 Å². The van der Waals surface area contributed by atoms with E-state index in [2.05, 4.69) is 54.9 Å². The number of piperidine rings is 1. The second-order valence-electron chi connectivity index (χ2n) is 7.50. The van der Waals surface area contributed by atoms with Crippen molar-refractivity contribution in [2.45, 2.75) is 51.1 Å². The van der Waals surface area contributed by atoms with Gasteiger partial charge in [0.2, 0.25) is 0 Å². The molecule has 0 amide bonds. The standard InChI is InChI=1S/C18H27N7/c1-13-6-9-16(20-19-13)25-10-4-5-15(11-25)23(2)12-17-21-22-18(24(17)3)14-7-8-14/h6,9,14-15H,4-5,7-8,10-12H2,1-3H3/t15-/m1/s1. The summed E-state index contributed by atoms with van der Waals surface area (Å²) in [5.41, 5.74) is 0.961. The molecule has 2 aliphatic rings. The lowest BCUT2D eigenvalue weighted by Crippen LogP contribution is -2.46. The smallest absolute Gasteiger partial charge is 0.151 e. The molecule has 7 nitrogen and oxygen atoms in total. The molecule has 0 radical (unpaired) electrons. The summed E-state index contributed by atoms with van der Waals surface area (Å²) in [6, 6.07) is 4.61. The highest BCUT2D eigenvalue weighted by atomic mass is 15.3. The van der Waals surface area contributed by atoms with Crippen LogP contribution in [0.15, 0.2) is 12.1 Å². The van der Waals surface area contributed by atoms with Gasteiger partial charge in [-0.25, -0.2) is 0 Å². The van der Waals surface area contributed by atoms with Gasteiger partial charge in [-0.15, -0.1) is 15.3 Å². The fourth-order valence-corrected chi connectivity index (χ4v) is 3.65. The molecule has 4 rings (SSSR count). The highest BCUT2D eigenvalue weighted by Crippen LogP contribution is 2.38. The molecule has 2 aromatic heterocycles. The van der Waals surface area contributed by atoms with E-state index < -0.39 is 0 Å². The first-order chi connectivity index (χ1) is 12.1. The van der Waals surface area contributed by atoms with E-state index in [0.29, 0.717) is 12.0 Å². The predicted octanol–water partition coefficient (Wildman–Crippen LogP) is 1.89. The maximum Gasteiger partial charge on any atom is 0.151 e. The molecular formula is C18H27N7. The molecule has 1 atom stereocenters. The SMILES string of the molecule is Cc1ccc(N2CCC[C@@H](N(C)Cc3nnc(C4CC4)n3C)C2)nn1. The maximum absolute atomic E-state index is 4.43. The Hall–Kier alpha value is -2.02. The summed E-state index contributed by atoms with van der Waals surface area (Å²) in [4.78, 5) is 4.76. The molecule has 1 saturated heterocycles. The summed E-state index contributed by atoms with van der Waals surface area (Å²) in [5.74, 6) is 3.85. The van der Waals surface area contributed by atoms with Crippen molar-refractivity contribution >= 4 is 5.82 Å². The summed E-state index contributed by atoms with van der Waals surface area (Å²) in [6.07, 6.45) is 4.91. The maximum atomic E-state index is 4.43. The predicted molar refractivity (Wildman–Crippen MR) is 96.4 cm³/mol. The van der Waals surface area contributed by atoms with Gasteiger partial charge in [-0.1, -0.05) is 0 Å². The number of rotatable bonds is 5. The number of aromatic nitrogens is 5. The van der Waals surface area contributed by atoms with Gasteiger partial charge in [-0.2, -0.15) is 5.10 Å². The third-order valence-corrected chi connectivity index (χ3v) is 5.46. The lowest BCUT2D eigenvalue weighted by molar-refractivity contribution is 0.201. The molecule has 0 aromatic carbocycles. The van der Waals surface area contributed by atoms with E-state index in [1.807, 2.05) is 13.0 Å². The van der Waals surface area contributed by atoms with Gasteiger partial charge in [0.05, 0.1) is 12.2 Å². The van der Waals surface area contributed by atoms with Crippen molar-refractivity contribution in [3.8, 4) is 0 Å². The fraction of sp³-hybridized carbons (Fsp3) is 0.667. The zero-order valence-corrected chi connectivity index (χ0v) is 15.4. The third-order valence-electron chi connectivity index (χ3n) is 5.46. The Bertz CT molecular complexity index is 720. The van der Waals surface area contributed by atoms with Crippen molar-refractivity contribution < 1.29 is 0 Å². The second kappa shape index (κ2) is 6.71. The number of hydrogen-bond acceptors (Lipinski definition) is 6. The van der Waals surface area contributed by atoms with Gasteiger partial charge in [0.25, 0.3) is 0 Å². The molecule has 0 unspecified atom stereocenters. The Morgan fingerprint density at radius 2 is 1.96 bits per heavy atom. The van der Waals surface area contributed by atoms with Gasteiger partial charge in [0, 0.05) is 32.1 Å². The lowest BCUT2D eigenvalue weighted by Gasteiger charge is -2.37. The van der Waals surface area contributed by atoms with E-state index in [1.165, 1.54) is 25.7 Å². The molecule has 2 aromatic rings. The van der Waals surface area contributed by atoms with Gasteiger partial charge < -0.3 is 9.47 Å². The highest BCUT2D eigenvalue weighted by molar-refractivity contribution is 5.38. The molecule has 3 heterocycles. The highest BCUT2D eigenvalue weighted by Gasteiger charge is 2.30. The number of hydrogen-bond donors (Lipinski definition) is 0. The second-order valence-corrected chi connectivity index (χ2v) is 7.50. The summed E-state index contributed by atoms with van der Waals surface area (Å²) in [6.45, 7) is 4.86. The van der Waals surface area contributed by atoms with Crippen LogP contribution in [-0.2, 0) is 13.6 Å². The zero-order chi connectivity index (χ0) is 17.4. The van der Waals surface area contributed by atoms with E-state index in [-0.39, 0.29) is 0 Å². The van der Waals surface area contributed by atoms with Gasteiger partial charge in [-0.05, 0) is 51.8 Å². The summed E-state index contributed by atoms with van der Waals surface area (Å²) >= 11 is 0. The van der Waals surface area contributed by atoms with Crippen LogP contribution in [0, 0.1) is 6.92 Å². The summed E-state index contributed by atoms with van der Waals surface area (Å²) in [7, 11) is 4.30. The average Bonchev–Trinajstić information content (AvgIpc) is 3.41. The first kappa shape index (κ1) is 16.4. The number of aryl methyl sites for hydroxylation is 1. The van der Waals surface area contributed by atoms with Crippen LogP contribution in [0.1, 0.15) is 48.9 Å². The minimum absolute atomic E-state index is 0.498. The van der Waals surface area contributed by atoms with Crippen LogP contribution in [0.3, 0.4) is 0 Å². The van der Waals surface area contributed by atoms with E-state index in [1.54, 1.807) is 0 Å². The largest absolute Gasteiger partial charge is 0.354 e. The average molecular weight is 341 g/mol. The van der Waals surface area contributed by atoms with Crippen molar-refractivity contribution in [3.63, 3.8) is 0 Å². The molecule has 1 aliphatic carbocycles. The Morgan fingerprint density at radius 1 is 1.12 bits per heavy atom. The third kappa shape index (κ3) is 3.51. The van der Waals surface area contributed by atoms with Crippen LogP contribution >= 0.6 is 0 Å². The molecule has 0 N–H and O–H groups in total. The first-order valence-electron chi connectivity index (χ1n) is 9.25. The molecule has 7 heteroatoms. The minimum atomic E-state index is 0.498. The van der Waals surface area contributed by atoms with Crippen LogP contribution in [0.25, 0.3) is 0 Å². The monoisotopic (exact) mass is 341 g/mol. The quantitative estimate of drug-likeness (QED) is 0.828. The zero-order valence-electron chi connectivity index (χ0n) is 15.4. The van der Waals surface area contributed by atoms with E-state index in [9.17, 15) is 0 Å². The molecule has 1 aliphatic heterocycles. The summed E-state index contributed by atoms with van der Waals surface area (Å²) in [5, 5.41) is 17.4. The topological polar surface area (TPSA) is 63.0 Å². The Labute approximate surface area is 149 Å².